The maximum absolute atomic E-state index is 12.1. The Labute approximate surface area is 185 Å². The van der Waals surface area contributed by atoms with E-state index in [1.807, 2.05) is 0 Å². The van der Waals surface area contributed by atoms with E-state index in [2.05, 4.69) is 11.4 Å². The average Bonchev–Trinajstić information content (AvgIpc) is 2.75. The number of aliphatic hydroxyl groups excluding tert-OH is 1. The highest BCUT2D eigenvalue weighted by Gasteiger charge is 2.39. The van der Waals surface area contributed by atoms with Crippen LogP contribution >= 0.6 is 7.60 Å². The van der Waals surface area contributed by atoms with E-state index in [1.54, 1.807) is 0 Å². The number of rotatable bonds is 23. The molecule has 182 valence electrons. The van der Waals surface area contributed by atoms with Gasteiger partial charge in [0.2, 0.25) is 0 Å². The highest BCUT2D eigenvalue weighted by atomic mass is 31.2. The molecule has 0 spiro atoms. The van der Waals surface area contributed by atoms with Crippen molar-refractivity contribution in [2.24, 2.45) is 0 Å². The zero-order chi connectivity index (χ0) is 22.5. The minimum atomic E-state index is -3.97. The molecular formula is C23H49O6P. The zero-order valence-electron chi connectivity index (χ0n) is 19.9. The minimum absolute atomic E-state index is 0.358. The van der Waals surface area contributed by atoms with Crippen molar-refractivity contribution in [1.29, 1.82) is 0 Å². The highest BCUT2D eigenvalue weighted by Crippen LogP contribution is 2.49. The summed E-state index contributed by atoms with van der Waals surface area (Å²) >= 11 is 0. The number of unbranched alkanes of at least 4 members (excludes halogenated alkanes) is 15. The first-order valence-corrected chi connectivity index (χ1v) is 13.8. The number of hydrogen-bond acceptors (Lipinski definition) is 5. The van der Waals surface area contributed by atoms with E-state index < -0.39 is 26.2 Å². The second-order valence-corrected chi connectivity index (χ2v) is 10.3. The third-order valence-corrected chi connectivity index (χ3v) is 7.32. The molecule has 2 N–H and O–H groups in total. The Morgan fingerprint density at radius 3 is 1.47 bits per heavy atom. The van der Waals surface area contributed by atoms with E-state index in [-0.39, 0.29) is 0 Å². The van der Waals surface area contributed by atoms with Gasteiger partial charge in [0.25, 0.3) is 0 Å². The molecule has 0 bridgehead atoms. The molecule has 2 unspecified atom stereocenters. The SMILES string of the molecule is CCCCCCCCCCCCCCCCCCOC([C@H](CO)OC)P(=O)(O)OC. The fraction of sp³-hybridized carbons (Fsp3) is 1.00. The standard InChI is InChI=1S/C23H49O6P/c1-4-5-6-7-8-9-10-11-12-13-14-15-16-17-18-19-20-29-23(22(21-24)27-2)30(25,26)28-3/h22-24H,4-21H2,1-3H3,(H,25,26)/t22-,23?/m0/s1. The molecule has 0 amide bonds. The molecule has 0 saturated heterocycles. The summed E-state index contributed by atoms with van der Waals surface area (Å²) in [6, 6.07) is 0. The van der Waals surface area contributed by atoms with Crippen LogP contribution in [0.4, 0.5) is 0 Å². The molecule has 6 nitrogen and oxygen atoms in total. The lowest BCUT2D eigenvalue weighted by atomic mass is 10.0. The first-order chi connectivity index (χ1) is 14.5. The summed E-state index contributed by atoms with van der Waals surface area (Å²) < 4.78 is 27.3. The highest BCUT2D eigenvalue weighted by molar-refractivity contribution is 7.53. The molecule has 0 aromatic carbocycles. The lowest BCUT2D eigenvalue weighted by Gasteiger charge is -2.27. The molecule has 30 heavy (non-hydrogen) atoms. The van der Waals surface area contributed by atoms with Crippen molar-refractivity contribution in [2.75, 3.05) is 27.4 Å². The second-order valence-electron chi connectivity index (χ2n) is 8.27. The molecule has 0 aromatic rings. The van der Waals surface area contributed by atoms with Crippen molar-refractivity contribution in [2.45, 2.75) is 122 Å². The molecule has 0 heterocycles. The molecule has 3 atom stereocenters. The topological polar surface area (TPSA) is 85.2 Å². The number of hydrogen-bond donors (Lipinski definition) is 2. The van der Waals surface area contributed by atoms with Gasteiger partial charge in [-0.05, 0) is 6.42 Å². The molecule has 0 saturated carbocycles. The van der Waals surface area contributed by atoms with E-state index in [4.69, 9.17) is 9.47 Å². The van der Waals surface area contributed by atoms with Crippen LogP contribution in [0.1, 0.15) is 110 Å². The molecule has 0 fully saturated rings. The molecule has 0 radical (unpaired) electrons. The summed E-state index contributed by atoms with van der Waals surface area (Å²) in [5.74, 6) is -1.16. The maximum atomic E-state index is 12.1. The van der Waals surface area contributed by atoms with Gasteiger partial charge >= 0.3 is 7.60 Å². The minimum Gasteiger partial charge on any atom is -0.394 e. The normalized spacial score (nSPS) is 15.8. The smallest absolute Gasteiger partial charge is 0.359 e. The van der Waals surface area contributed by atoms with Crippen LogP contribution in [-0.4, -0.2) is 49.4 Å². The first-order valence-electron chi connectivity index (χ1n) is 12.2. The van der Waals surface area contributed by atoms with Crippen molar-refractivity contribution in [3.05, 3.63) is 0 Å². The molecular weight excluding hydrogens is 403 g/mol. The molecule has 0 aliphatic rings. The summed E-state index contributed by atoms with van der Waals surface area (Å²) in [6.07, 6.45) is 19.9. The molecule has 7 heteroatoms. The van der Waals surface area contributed by atoms with Crippen molar-refractivity contribution in [3.8, 4) is 0 Å². The third kappa shape index (κ3) is 15.8. The van der Waals surface area contributed by atoms with Crippen molar-refractivity contribution >= 4 is 7.60 Å². The van der Waals surface area contributed by atoms with E-state index in [0.29, 0.717) is 6.61 Å². The van der Waals surface area contributed by atoms with Gasteiger partial charge in [-0.2, -0.15) is 0 Å². The third-order valence-electron chi connectivity index (χ3n) is 5.67. The van der Waals surface area contributed by atoms with Gasteiger partial charge < -0.3 is 24.0 Å². The van der Waals surface area contributed by atoms with Crippen molar-refractivity contribution < 1.29 is 28.6 Å². The maximum Gasteiger partial charge on any atom is 0.359 e. The van der Waals surface area contributed by atoms with Gasteiger partial charge in [-0.25, -0.2) is 0 Å². The fourth-order valence-electron chi connectivity index (χ4n) is 3.65. The fourth-order valence-corrected chi connectivity index (χ4v) is 4.79. The Kier molecular flexibility index (Phi) is 20.9. The summed E-state index contributed by atoms with van der Waals surface area (Å²) in [7, 11) is -1.43. The number of ether oxygens (including phenoxy) is 2. The Morgan fingerprint density at radius 1 is 0.733 bits per heavy atom. The van der Waals surface area contributed by atoms with Crippen LogP contribution in [0.5, 0.6) is 0 Å². The number of methoxy groups -OCH3 is 1. The predicted octanol–water partition coefficient (Wildman–Crippen LogP) is 6.43. The Hall–Kier alpha value is 0.0300. The van der Waals surface area contributed by atoms with Crippen LogP contribution in [0.2, 0.25) is 0 Å². The molecule has 0 rings (SSSR count). The molecule has 0 aliphatic heterocycles. The second kappa shape index (κ2) is 20.9. The summed E-state index contributed by atoms with van der Waals surface area (Å²) in [6.45, 7) is 2.23. The Morgan fingerprint density at radius 2 is 1.13 bits per heavy atom. The lowest BCUT2D eigenvalue weighted by molar-refractivity contribution is -0.0513. The van der Waals surface area contributed by atoms with Crippen LogP contribution in [0.3, 0.4) is 0 Å². The monoisotopic (exact) mass is 452 g/mol. The predicted molar refractivity (Wildman–Crippen MR) is 124 cm³/mol. The van der Waals surface area contributed by atoms with E-state index in [0.717, 1.165) is 26.4 Å². The van der Waals surface area contributed by atoms with Crippen LogP contribution < -0.4 is 0 Å². The van der Waals surface area contributed by atoms with E-state index >= 15 is 0 Å². The van der Waals surface area contributed by atoms with Crippen LogP contribution in [0.25, 0.3) is 0 Å². The van der Waals surface area contributed by atoms with Gasteiger partial charge in [-0.3, -0.25) is 4.57 Å². The van der Waals surface area contributed by atoms with E-state index in [1.165, 1.54) is 90.6 Å². The first kappa shape index (κ1) is 30.0. The largest absolute Gasteiger partial charge is 0.394 e. The van der Waals surface area contributed by atoms with Crippen molar-refractivity contribution in [1.82, 2.24) is 0 Å². The van der Waals surface area contributed by atoms with Gasteiger partial charge in [-0.15, -0.1) is 0 Å². The molecule has 0 aliphatic carbocycles. The van der Waals surface area contributed by atoms with Gasteiger partial charge in [0, 0.05) is 20.8 Å². The quantitative estimate of drug-likeness (QED) is 0.137. The Balaban J connectivity index is 3.55. The van der Waals surface area contributed by atoms with Crippen LogP contribution in [0.15, 0.2) is 0 Å². The lowest BCUT2D eigenvalue weighted by Crippen LogP contribution is -2.34. The average molecular weight is 453 g/mol. The summed E-state index contributed by atoms with van der Waals surface area (Å²) in [5, 5.41) is 9.31. The van der Waals surface area contributed by atoms with Gasteiger partial charge in [0.1, 0.15) is 6.10 Å². The molecule has 0 aromatic heterocycles. The summed E-state index contributed by atoms with van der Waals surface area (Å²) in [4.78, 5) is 9.87. The Bertz CT molecular complexity index is 403. The van der Waals surface area contributed by atoms with Crippen LogP contribution in [-0.2, 0) is 18.6 Å². The zero-order valence-corrected chi connectivity index (χ0v) is 20.8. The van der Waals surface area contributed by atoms with Crippen molar-refractivity contribution in [3.63, 3.8) is 0 Å². The number of aliphatic hydroxyl groups is 1. The van der Waals surface area contributed by atoms with Gasteiger partial charge in [-0.1, -0.05) is 103 Å². The van der Waals surface area contributed by atoms with E-state index in [9.17, 15) is 14.6 Å². The summed E-state index contributed by atoms with van der Waals surface area (Å²) in [5.41, 5.74) is 0. The van der Waals surface area contributed by atoms with Gasteiger partial charge in [0.15, 0.2) is 5.85 Å². The van der Waals surface area contributed by atoms with Crippen LogP contribution in [0, 0.1) is 0 Å². The van der Waals surface area contributed by atoms with Gasteiger partial charge in [0.05, 0.1) is 6.61 Å².